The van der Waals surface area contributed by atoms with Crippen LogP contribution in [0.25, 0.3) is 0 Å². The van der Waals surface area contributed by atoms with Crippen molar-refractivity contribution in [3.8, 4) is 0 Å². The summed E-state index contributed by atoms with van der Waals surface area (Å²) in [6, 6.07) is 4.71. The molecule has 22 nitrogen and oxygen atoms in total. The number of fused-ring (bicyclic) bond motifs is 2. The summed E-state index contributed by atoms with van der Waals surface area (Å²) in [6.45, 7) is 2.42. The van der Waals surface area contributed by atoms with E-state index in [1.54, 1.807) is 0 Å². The Balaban J connectivity index is 1.05. The van der Waals surface area contributed by atoms with Gasteiger partial charge in [0.05, 0.1) is 76.7 Å². The van der Waals surface area contributed by atoms with E-state index in [0.29, 0.717) is 100 Å². The minimum absolute atomic E-state index is 0.00893. The Morgan fingerprint density at radius 3 is 1.57 bits per heavy atom. The van der Waals surface area contributed by atoms with Crippen LogP contribution in [0.5, 0.6) is 0 Å². The number of methoxy groups -OCH3 is 2. The fraction of sp³-hybridized carbons (Fsp3) is 0.706. The van der Waals surface area contributed by atoms with Crippen molar-refractivity contribution in [2.75, 3.05) is 83.6 Å². The maximum atomic E-state index is 13.6. The molecule has 4 heterocycles. The molecule has 418 valence electrons. The SMILES string of the molecule is COC(=O)[C@H](CCCCNC(=O)c1cc(NC(=O)NCCOCCOCCN)cc(C(=O)NCCCC[C@H](CC(=O)CCCC[C@@H]2SC[C@@H]3NC(N)=N[C@@H]32)C(=O)OC)c1)CC(=O)CCCC[C@@H]1SC[C@@H]2NC(N)=N[C@@H]21. The van der Waals surface area contributed by atoms with Crippen LogP contribution in [-0.2, 0) is 38.1 Å². The highest BCUT2D eigenvalue weighted by Gasteiger charge is 2.41. The highest BCUT2D eigenvalue weighted by atomic mass is 32.2. The first-order valence-corrected chi connectivity index (χ1v) is 28.6. The topological polar surface area (TPSA) is 331 Å². The summed E-state index contributed by atoms with van der Waals surface area (Å²) in [7, 11) is 2.62. The second-order valence-electron chi connectivity index (χ2n) is 19.4. The van der Waals surface area contributed by atoms with Gasteiger partial charge in [-0.2, -0.15) is 23.5 Å². The molecular formula is C51H81N11O11S2. The summed E-state index contributed by atoms with van der Waals surface area (Å²) in [4.78, 5) is 100. The molecular weight excluding hydrogens is 1010 g/mol. The fourth-order valence-corrected chi connectivity index (χ4v) is 12.7. The molecule has 75 heavy (non-hydrogen) atoms. The lowest BCUT2D eigenvalue weighted by molar-refractivity contribution is -0.148. The first kappa shape index (κ1) is 60.7. The summed E-state index contributed by atoms with van der Waals surface area (Å²) in [6.07, 6.45) is 8.92. The van der Waals surface area contributed by atoms with E-state index in [0.717, 1.165) is 50.0 Å². The Kier molecular flexibility index (Phi) is 26.8. The maximum Gasteiger partial charge on any atom is 0.319 e. The van der Waals surface area contributed by atoms with Gasteiger partial charge in [-0.15, -0.1) is 0 Å². The van der Waals surface area contributed by atoms with E-state index >= 15 is 0 Å². The molecule has 0 saturated carbocycles. The van der Waals surface area contributed by atoms with Gasteiger partial charge in [0.1, 0.15) is 11.6 Å². The number of carbonyl (C=O) groups excluding carboxylic acids is 7. The average molecular weight is 1090 g/mol. The van der Waals surface area contributed by atoms with E-state index in [1.165, 1.54) is 32.4 Å². The average Bonchev–Trinajstić information content (AvgIpc) is 4.17. The van der Waals surface area contributed by atoms with Gasteiger partial charge in [-0.25, -0.2) is 14.8 Å². The van der Waals surface area contributed by atoms with Crippen molar-refractivity contribution in [2.45, 2.75) is 137 Å². The number of benzene rings is 1. The van der Waals surface area contributed by atoms with Crippen LogP contribution in [0.15, 0.2) is 28.2 Å². The highest BCUT2D eigenvalue weighted by Crippen LogP contribution is 2.36. The first-order valence-electron chi connectivity index (χ1n) is 26.5. The third-order valence-corrected chi connectivity index (χ3v) is 16.6. The molecule has 8 atom stereocenters. The fourth-order valence-electron chi connectivity index (χ4n) is 9.70. The molecule has 24 heteroatoms. The summed E-state index contributed by atoms with van der Waals surface area (Å²) in [5.74, 6) is -0.102. The molecule has 2 fully saturated rings. The molecule has 2 saturated heterocycles. The Bertz CT molecular complexity index is 2000. The van der Waals surface area contributed by atoms with Crippen molar-refractivity contribution in [3.05, 3.63) is 29.3 Å². The van der Waals surface area contributed by atoms with Gasteiger partial charge >= 0.3 is 18.0 Å². The number of hydrogen-bond donors (Lipinski definition) is 9. The second kappa shape index (κ2) is 33.1. The molecule has 4 aliphatic rings. The largest absolute Gasteiger partial charge is 0.469 e. The number of carbonyl (C=O) groups is 7. The van der Waals surface area contributed by atoms with Crippen molar-refractivity contribution < 1.29 is 52.5 Å². The number of urea groups is 1. The summed E-state index contributed by atoms with van der Waals surface area (Å²) in [5.41, 5.74) is 17.6. The van der Waals surface area contributed by atoms with Crippen LogP contribution < -0.4 is 49.1 Å². The zero-order chi connectivity index (χ0) is 54.0. The molecule has 4 amide bonds. The van der Waals surface area contributed by atoms with E-state index in [2.05, 4.69) is 41.9 Å². The lowest BCUT2D eigenvalue weighted by Crippen LogP contribution is -2.38. The van der Waals surface area contributed by atoms with Crippen molar-refractivity contribution in [3.63, 3.8) is 0 Å². The van der Waals surface area contributed by atoms with E-state index in [9.17, 15) is 33.6 Å². The molecule has 0 aromatic heterocycles. The molecule has 0 spiro atoms. The molecule has 0 bridgehead atoms. The van der Waals surface area contributed by atoms with Gasteiger partial charge in [0.25, 0.3) is 11.8 Å². The van der Waals surface area contributed by atoms with Crippen molar-refractivity contribution in [2.24, 2.45) is 39.0 Å². The number of hydrogen-bond acceptors (Lipinski definition) is 20. The minimum atomic E-state index is -0.594. The number of Topliss-reactive ketones (excluding diaryl/α,β-unsaturated/α-hetero) is 2. The first-order chi connectivity index (χ1) is 36.3. The number of thioether (sulfide) groups is 2. The van der Waals surface area contributed by atoms with Gasteiger partial charge in [-0.1, -0.05) is 25.7 Å². The highest BCUT2D eigenvalue weighted by molar-refractivity contribution is 8.00. The van der Waals surface area contributed by atoms with E-state index in [4.69, 9.17) is 36.1 Å². The number of anilines is 1. The lowest BCUT2D eigenvalue weighted by atomic mass is 9.94. The number of guanidine groups is 2. The molecule has 1 aromatic rings. The zero-order valence-electron chi connectivity index (χ0n) is 43.7. The zero-order valence-corrected chi connectivity index (χ0v) is 45.3. The summed E-state index contributed by atoms with van der Waals surface area (Å²) >= 11 is 3.77. The predicted molar refractivity (Wildman–Crippen MR) is 291 cm³/mol. The lowest BCUT2D eigenvalue weighted by Gasteiger charge is -2.16. The van der Waals surface area contributed by atoms with E-state index in [-0.39, 0.29) is 91.6 Å². The molecule has 12 N–H and O–H groups in total. The number of unbranched alkanes of at least 4 members (excludes halogenated alkanes) is 4. The third kappa shape index (κ3) is 21.1. The van der Waals surface area contributed by atoms with Gasteiger partial charge < -0.3 is 68.0 Å². The normalized spacial score (nSPS) is 21.1. The second-order valence-corrected chi connectivity index (χ2v) is 21.9. The minimum Gasteiger partial charge on any atom is -0.469 e. The smallest absolute Gasteiger partial charge is 0.319 e. The standard InChI is InChI=1S/C51H81N11O11S2/c1-70-47(67)32(28-37(63)13-3-5-15-41-43-39(30-74-41)59-49(53)61-43)11-7-9-18-55-45(65)34-25-35(27-36(26-34)58-51(69)57-20-22-73-24-23-72-21-17-52)46(66)56-19-10-8-12-33(48(68)71-2)29-38(64)14-4-6-16-42-44-40(31-75-42)60-50(54)62-44/h25-27,32-33,39-44H,3-24,28-31,52H2,1-2H3,(H,55,65)(H,56,66)(H3,53,59,61)(H3,54,60,62)(H2,57,58,69)/t32-,33-,39+,40+,41+,42+,43+,44+/m1/s1. The summed E-state index contributed by atoms with van der Waals surface area (Å²) < 4.78 is 20.8. The monoisotopic (exact) mass is 1090 g/mol. The number of amides is 4. The maximum absolute atomic E-state index is 13.6. The third-order valence-electron chi connectivity index (χ3n) is 13.6. The number of rotatable bonds is 37. The molecule has 5 rings (SSSR count). The molecule has 4 aliphatic heterocycles. The van der Waals surface area contributed by atoms with Crippen molar-refractivity contribution in [1.29, 1.82) is 0 Å². The van der Waals surface area contributed by atoms with Gasteiger partial charge in [0, 0.05) is 90.7 Å². The van der Waals surface area contributed by atoms with Crippen LogP contribution in [0.4, 0.5) is 10.5 Å². The van der Waals surface area contributed by atoms with Crippen LogP contribution in [0.3, 0.4) is 0 Å². The molecule has 0 aliphatic carbocycles. The Hall–Kier alpha value is -5.17. The van der Waals surface area contributed by atoms with Crippen molar-refractivity contribution >= 4 is 82.5 Å². The molecule has 0 unspecified atom stereocenters. The Morgan fingerprint density at radius 1 is 0.627 bits per heavy atom. The number of ketones is 2. The number of aliphatic imine (C=N–C) groups is 2. The number of esters is 2. The molecule has 0 radical (unpaired) electrons. The number of nitrogens with zero attached hydrogens (tertiary/aromatic N) is 2. The van der Waals surface area contributed by atoms with Crippen LogP contribution in [0, 0.1) is 11.8 Å². The Morgan fingerprint density at radius 2 is 1.11 bits per heavy atom. The van der Waals surface area contributed by atoms with Gasteiger partial charge in [-0.3, -0.25) is 28.8 Å². The van der Waals surface area contributed by atoms with Gasteiger partial charge in [0.15, 0.2) is 11.9 Å². The number of ether oxygens (including phenoxy) is 4. The van der Waals surface area contributed by atoms with E-state index < -0.39 is 41.6 Å². The number of nitrogens with two attached hydrogens (primary N) is 3. The van der Waals surface area contributed by atoms with Crippen LogP contribution in [0.2, 0.25) is 0 Å². The van der Waals surface area contributed by atoms with Crippen LogP contribution in [0.1, 0.15) is 123 Å². The van der Waals surface area contributed by atoms with Gasteiger partial charge in [0.2, 0.25) is 0 Å². The molecule has 1 aromatic carbocycles. The van der Waals surface area contributed by atoms with Crippen molar-refractivity contribution in [1.82, 2.24) is 26.6 Å². The van der Waals surface area contributed by atoms with Gasteiger partial charge in [-0.05, 0) is 69.6 Å². The summed E-state index contributed by atoms with van der Waals surface area (Å²) in [5, 5.41) is 18.3. The Labute approximate surface area is 449 Å². The van der Waals surface area contributed by atoms with Crippen LogP contribution in [-0.4, -0.2) is 166 Å². The quantitative estimate of drug-likeness (QED) is 0.0342. The predicted octanol–water partition coefficient (Wildman–Crippen LogP) is 2.76. The van der Waals surface area contributed by atoms with E-state index in [1.807, 2.05) is 23.5 Å². The number of nitrogens with one attached hydrogen (secondary N) is 6. The van der Waals surface area contributed by atoms with Crippen LogP contribution >= 0.6 is 23.5 Å².